The van der Waals surface area contributed by atoms with Crippen LogP contribution in [0.5, 0.6) is 5.75 Å². The summed E-state index contributed by atoms with van der Waals surface area (Å²) in [5.74, 6) is 0.380. The SMILES string of the molecule is CCC(=O)OCCCCOc1ccc(N=Nc2ccc(N=Nc3ccc(N(C)CCOC(=O)CC)cc3)cc2)cc1. The predicted molar refractivity (Wildman–Crippen MR) is 158 cm³/mol. The zero-order valence-electron chi connectivity index (χ0n) is 23.9. The topological polar surface area (TPSA) is 115 Å². The van der Waals surface area contributed by atoms with Gasteiger partial charge in [-0.25, -0.2) is 0 Å². The van der Waals surface area contributed by atoms with E-state index in [4.69, 9.17) is 14.2 Å². The number of unbranched alkanes of at least 4 members (excludes halogenated alkanes) is 1. The van der Waals surface area contributed by atoms with Crippen molar-refractivity contribution in [1.29, 1.82) is 0 Å². The van der Waals surface area contributed by atoms with Gasteiger partial charge in [0.15, 0.2) is 0 Å². The van der Waals surface area contributed by atoms with E-state index in [9.17, 15) is 9.59 Å². The molecule has 41 heavy (non-hydrogen) atoms. The van der Waals surface area contributed by atoms with Gasteiger partial charge >= 0.3 is 11.9 Å². The molecule has 0 N–H and O–H groups in total. The molecule has 10 nitrogen and oxygen atoms in total. The van der Waals surface area contributed by atoms with Crippen molar-refractivity contribution in [3.05, 3.63) is 72.8 Å². The molecule has 0 fully saturated rings. The second-order valence-electron chi connectivity index (χ2n) is 9.05. The first-order chi connectivity index (χ1) is 20.0. The van der Waals surface area contributed by atoms with Gasteiger partial charge in [-0.2, -0.15) is 20.5 Å². The average Bonchev–Trinajstić information content (AvgIpc) is 3.01. The summed E-state index contributed by atoms with van der Waals surface area (Å²) >= 11 is 0. The molecule has 10 heteroatoms. The molecule has 0 bridgehead atoms. The zero-order valence-corrected chi connectivity index (χ0v) is 23.9. The average molecular weight is 560 g/mol. The summed E-state index contributed by atoms with van der Waals surface area (Å²) in [6, 6.07) is 22.4. The lowest BCUT2D eigenvalue weighted by atomic mass is 10.2. The van der Waals surface area contributed by atoms with E-state index in [1.165, 1.54) is 0 Å². The van der Waals surface area contributed by atoms with Gasteiger partial charge in [-0.15, -0.1) is 0 Å². The monoisotopic (exact) mass is 559 g/mol. The molecule has 0 atom stereocenters. The number of benzene rings is 3. The lowest BCUT2D eigenvalue weighted by molar-refractivity contribution is -0.144. The van der Waals surface area contributed by atoms with Crippen LogP contribution in [0, 0.1) is 0 Å². The highest BCUT2D eigenvalue weighted by atomic mass is 16.5. The van der Waals surface area contributed by atoms with Crippen molar-refractivity contribution in [2.75, 3.05) is 38.3 Å². The van der Waals surface area contributed by atoms with Crippen LogP contribution >= 0.6 is 0 Å². The van der Waals surface area contributed by atoms with Crippen LogP contribution in [-0.4, -0.2) is 45.4 Å². The third-order valence-corrected chi connectivity index (χ3v) is 5.88. The summed E-state index contributed by atoms with van der Waals surface area (Å²) in [5.41, 5.74) is 3.84. The molecule has 3 aromatic rings. The summed E-state index contributed by atoms with van der Waals surface area (Å²) in [4.78, 5) is 24.4. The third kappa shape index (κ3) is 11.6. The summed E-state index contributed by atoms with van der Waals surface area (Å²) in [6.45, 7) is 5.49. The van der Waals surface area contributed by atoms with Crippen molar-refractivity contribution in [2.24, 2.45) is 20.5 Å². The Hall–Kier alpha value is -4.60. The molecular formula is C31H37N5O5. The number of anilines is 1. The van der Waals surface area contributed by atoms with E-state index in [2.05, 4.69) is 20.5 Å². The van der Waals surface area contributed by atoms with E-state index in [-0.39, 0.29) is 11.9 Å². The lowest BCUT2D eigenvalue weighted by Gasteiger charge is -2.19. The van der Waals surface area contributed by atoms with E-state index in [0.717, 1.165) is 30.0 Å². The van der Waals surface area contributed by atoms with E-state index < -0.39 is 0 Å². The van der Waals surface area contributed by atoms with E-state index in [0.29, 0.717) is 56.3 Å². The minimum Gasteiger partial charge on any atom is -0.494 e. The fourth-order valence-corrected chi connectivity index (χ4v) is 3.41. The van der Waals surface area contributed by atoms with Gasteiger partial charge in [-0.1, -0.05) is 13.8 Å². The Balaban J connectivity index is 1.41. The van der Waals surface area contributed by atoms with Gasteiger partial charge in [0, 0.05) is 25.6 Å². The maximum atomic E-state index is 11.3. The highest BCUT2D eigenvalue weighted by Crippen LogP contribution is 2.25. The van der Waals surface area contributed by atoms with Crippen LogP contribution in [0.4, 0.5) is 28.4 Å². The van der Waals surface area contributed by atoms with Crippen LogP contribution in [0.3, 0.4) is 0 Å². The van der Waals surface area contributed by atoms with Crippen LogP contribution in [0.15, 0.2) is 93.3 Å². The number of azo groups is 2. The Kier molecular flexibility index (Phi) is 13.0. The molecule has 0 saturated heterocycles. The maximum Gasteiger partial charge on any atom is 0.305 e. The second-order valence-corrected chi connectivity index (χ2v) is 9.05. The quantitative estimate of drug-likeness (QED) is 0.0997. The fraction of sp³-hybridized carbons (Fsp3) is 0.355. The van der Waals surface area contributed by atoms with E-state index in [1.54, 1.807) is 13.8 Å². The van der Waals surface area contributed by atoms with Crippen molar-refractivity contribution < 1.29 is 23.8 Å². The first kappa shape index (κ1) is 30.9. The Morgan fingerprint density at radius 3 is 1.51 bits per heavy atom. The van der Waals surface area contributed by atoms with Crippen molar-refractivity contribution in [2.45, 2.75) is 39.5 Å². The molecule has 0 aromatic heterocycles. The molecule has 0 aliphatic rings. The Bertz CT molecular complexity index is 1280. The van der Waals surface area contributed by atoms with Gasteiger partial charge in [-0.3, -0.25) is 9.59 Å². The molecule has 0 amide bonds. The first-order valence-electron chi connectivity index (χ1n) is 13.8. The smallest absolute Gasteiger partial charge is 0.305 e. The number of carbonyl (C=O) groups is 2. The number of likely N-dealkylation sites (N-methyl/N-ethyl adjacent to an activating group) is 1. The van der Waals surface area contributed by atoms with Crippen LogP contribution < -0.4 is 9.64 Å². The van der Waals surface area contributed by atoms with E-state index >= 15 is 0 Å². The largest absolute Gasteiger partial charge is 0.494 e. The van der Waals surface area contributed by atoms with Gasteiger partial charge in [0.25, 0.3) is 0 Å². The highest BCUT2D eigenvalue weighted by Gasteiger charge is 2.04. The number of hydrogen-bond donors (Lipinski definition) is 0. The zero-order chi connectivity index (χ0) is 29.3. The molecule has 3 aromatic carbocycles. The fourth-order valence-electron chi connectivity index (χ4n) is 3.41. The van der Waals surface area contributed by atoms with Gasteiger partial charge in [0.1, 0.15) is 12.4 Å². The van der Waals surface area contributed by atoms with Gasteiger partial charge < -0.3 is 19.1 Å². The molecule has 216 valence electrons. The van der Waals surface area contributed by atoms with Crippen molar-refractivity contribution in [3.63, 3.8) is 0 Å². The number of rotatable bonds is 16. The van der Waals surface area contributed by atoms with Crippen LogP contribution in [0.1, 0.15) is 39.5 Å². The molecule has 0 aliphatic heterocycles. The van der Waals surface area contributed by atoms with Gasteiger partial charge in [0.05, 0.1) is 42.5 Å². The molecule has 0 saturated carbocycles. The number of carbonyl (C=O) groups excluding carboxylic acids is 2. The number of esters is 2. The number of nitrogens with zero attached hydrogens (tertiary/aromatic N) is 5. The Morgan fingerprint density at radius 2 is 1.02 bits per heavy atom. The van der Waals surface area contributed by atoms with Crippen LogP contribution in [-0.2, 0) is 19.1 Å². The first-order valence-corrected chi connectivity index (χ1v) is 13.8. The Morgan fingerprint density at radius 1 is 0.610 bits per heavy atom. The highest BCUT2D eigenvalue weighted by molar-refractivity contribution is 5.69. The molecule has 0 spiro atoms. The minimum atomic E-state index is -0.195. The summed E-state index contributed by atoms with van der Waals surface area (Å²) in [7, 11) is 1.94. The molecule has 0 radical (unpaired) electrons. The number of ether oxygens (including phenoxy) is 3. The minimum absolute atomic E-state index is 0.175. The maximum absolute atomic E-state index is 11.3. The van der Waals surface area contributed by atoms with Gasteiger partial charge in [-0.05, 0) is 85.6 Å². The molecule has 0 unspecified atom stereocenters. The standard InChI is InChI=1S/C31H37N5O5/c1-4-30(37)40-22-7-6-21-39-29-18-14-27(15-19-29)35-33-25-10-8-24(9-11-25)32-34-26-12-16-28(17-13-26)36(3)20-23-41-31(38)5-2/h8-19H,4-7,20-23H2,1-3H3. The summed E-state index contributed by atoms with van der Waals surface area (Å²) < 4.78 is 15.9. The third-order valence-electron chi connectivity index (χ3n) is 5.88. The summed E-state index contributed by atoms with van der Waals surface area (Å²) in [6.07, 6.45) is 2.35. The molecule has 3 rings (SSSR count). The van der Waals surface area contributed by atoms with Crippen molar-refractivity contribution in [1.82, 2.24) is 0 Å². The number of hydrogen-bond acceptors (Lipinski definition) is 10. The van der Waals surface area contributed by atoms with E-state index in [1.807, 2.05) is 84.7 Å². The molecule has 0 heterocycles. The second kappa shape index (κ2) is 17.2. The van der Waals surface area contributed by atoms with Gasteiger partial charge in [0.2, 0.25) is 0 Å². The Labute approximate surface area is 241 Å². The molecular weight excluding hydrogens is 522 g/mol. The van der Waals surface area contributed by atoms with Crippen molar-refractivity contribution in [3.8, 4) is 5.75 Å². The normalized spacial score (nSPS) is 11.1. The van der Waals surface area contributed by atoms with Crippen molar-refractivity contribution >= 4 is 40.4 Å². The summed E-state index contributed by atoms with van der Waals surface area (Å²) in [5, 5.41) is 17.2. The van der Waals surface area contributed by atoms with Crippen LogP contribution in [0.25, 0.3) is 0 Å². The predicted octanol–water partition coefficient (Wildman–Crippen LogP) is 8.02. The molecule has 0 aliphatic carbocycles. The van der Waals surface area contributed by atoms with Crippen LogP contribution in [0.2, 0.25) is 0 Å². The lowest BCUT2D eigenvalue weighted by Crippen LogP contribution is -2.23.